The maximum absolute atomic E-state index is 11.8. The maximum Gasteiger partial charge on any atom is 0.253 e. The zero-order valence-electron chi connectivity index (χ0n) is 10.4. The van der Waals surface area contributed by atoms with Gasteiger partial charge >= 0.3 is 0 Å². The predicted molar refractivity (Wildman–Crippen MR) is 64.8 cm³/mol. The minimum atomic E-state index is -0.571. The molecule has 1 atom stereocenters. The highest BCUT2D eigenvalue weighted by Gasteiger charge is 2.12. The zero-order chi connectivity index (χ0) is 13.0. The van der Waals surface area contributed by atoms with E-state index in [4.69, 9.17) is 0 Å². The number of hydrogen-bond donors (Lipinski definition) is 1. The van der Waals surface area contributed by atoms with E-state index in [0.29, 0.717) is 5.56 Å². The number of rotatable bonds is 4. The fraction of sp³-hybridized carbons (Fsp3) is 0.500. The van der Waals surface area contributed by atoms with E-state index in [1.807, 2.05) is 0 Å². The molecule has 1 amide bonds. The van der Waals surface area contributed by atoms with Crippen molar-refractivity contribution in [3.8, 4) is 0 Å². The van der Waals surface area contributed by atoms with Gasteiger partial charge in [0.15, 0.2) is 0 Å². The van der Waals surface area contributed by atoms with Crippen LogP contribution in [0.2, 0.25) is 0 Å². The first kappa shape index (κ1) is 13.4. The Labute approximate surface area is 100 Å². The number of aliphatic hydroxyl groups is 1. The first-order valence-electron chi connectivity index (χ1n) is 5.50. The van der Waals surface area contributed by atoms with E-state index in [1.165, 1.54) is 9.47 Å². The lowest BCUT2D eigenvalue weighted by atomic mass is 10.3. The highest BCUT2D eigenvalue weighted by Crippen LogP contribution is 1.94. The number of aromatic nitrogens is 1. The summed E-state index contributed by atoms with van der Waals surface area (Å²) >= 11 is 0. The zero-order valence-corrected chi connectivity index (χ0v) is 10.4. The molecule has 0 aromatic carbocycles. The van der Waals surface area contributed by atoms with Crippen LogP contribution in [0.5, 0.6) is 0 Å². The van der Waals surface area contributed by atoms with Crippen molar-refractivity contribution in [2.24, 2.45) is 0 Å². The summed E-state index contributed by atoms with van der Waals surface area (Å²) in [6.07, 6.45) is 1.02. The first-order chi connectivity index (χ1) is 7.91. The van der Waals surface area contributed by atoms with Crippen molar-refractivity contribution >= 4 is 5.91 Å². The number of carbonyl (C=O) groups excluding carboxylic acids is 1. The molecule has 0 aliphatic heterocycles. The number of likely N-dealkylation sites (N-methyl/N-ethyl adjacent to an activating group) is 1. The summed E-state index contributed by atoms with van der Waals surface area (Å²) in [6, 6.07) is 3.45. The SMILES string of the molecule is Cc1cccn(CC(=O)N(C)CC(C)O)c1=O. The van der Waals surface area contributed by atoms with Gasteiger partial charge in [-0.2, -0.15) is 0 Å². The van der Waals surface area contributed by atoms with E-state index in [0.717, 1.165) is 0 Å². The van der Waals surface area contributed by atoms with Gasteiger partial charge in [0.1, 0.15) is 6.54 Å². The Morgan fingerprint density at radius 3 is 2.82 bits per heavy atom. The Balaban J connectivity index is 2.75. The molecule has 1 rings (SSSR count). The summed E-state index contributed by atoms with van der Waals surface area (Å²) in [5.74, 6) is -0.196. The van der Waals surface area contributed by atoms with Gasteiger partial charge in [0.05, 0.1) is 6.10 Å². The molecule has 0 aliphatic rings. The van der Waals surface area contributed by atoms with Crippen molar-refractivity contribution in [1.29, 1.82) is 0 Å². The van der Waals surface area contributed by atoms with Crippen molar-refractivity contribution < 1.29 is 9.90 Å². The van der Waals surface area contributed by atoms with E-state index >= 15 is 0 Å². The molecule has 5 heteroatoms. The molecule has 0 aliphatic carbocycles. The molecule has 1 unspecified atom stereocenters. The van der Waals surface area contributed by atoms with Gasteiger partial charge in [-0.25, -0.2) is 0 Å². The highest BCUT2D eigenvalue weighted by molar-refractivity contribution is 5.75. The molecule has 0 spiro atoms. The average molecular weight is 238 g/mol. The molecule has 94 valence electrons. The van der Waals surface area contributed by atoms with Crippen molar-refractivity contribution in [1.82, 2.24) is 9.47 Å². The molecular weight excluding hydrogens is 220 g/mol. The van der Waals surface area contributed by atoms with Gasteiger partial charge < -0.3 is 14.6 Å². The number of carbonyl (C=O) groups is 1. The standard InChI is InChI=1S/C12H18N2O3/c1-9-5-4-6-14(12(9)17)8-11(16)13(3)7-10(2)15/h4-6,10,15H,7-8H2,1-3H3. The molecule has 0 saturated heterocycles. The second kappa shape index (κ2) is 5.63. The van der Waals surface area contributed by atoms with Gasteiger partial charge in [0.25, 0.3) is 5.56 Å². The lowest BCUT2D eigenvalue weighted by Crippen LogP contribution is -2.37. The van der Waals surface area contributed by atoms with Crippen LogP contribution in [0.3, 0.4) is 0 Å². The summed E-state index contributed by atoms with van der Waals surface area (Å²) in [7, 11) is 1.61. The summed E-state index contributed by atoms with van der Waals surface area (Å²) in [5.41, 5.74) is 0.449. The quantitative estimate of drug-likeness (QED) is 0.803. The fourth-order valence-electron chi connectivity index (χ4n) is 1.55. The van der Waals surface area contributed by atoms with E-state index in [1.54, 1.807) is 39.2 Å². The molecule has 1 aromatic rings. The second-order valence-electron chi connectivity index (χ2n) is 4.25. The Bertz CT molecular complexity index is 451. The van der Waals surface area contributed by atoms with Gasteiger partial charge in [-0.3, -0.25) is 9.59 Å². The summed E-state index contributed by atoms with van der Waals surface area (Å²) in [5, 5.41) is 9.17. The Morgan fingerprint density at radius 1 is 1.59 bits per heavy atom. The minimum absolute atomic E-state index is 0.00370. The Hall–Kier alpha value is -1.62. The smallest absolute Gasteiger partial charge is 0.253 e. The average Bonchev–Trinajstić information content (AvgIpc) is 2.23. The number of aliphatic hydroxyl groups excluding tert-OH is 1. The van der Waals surface area contributed by atoms with Crippen LogP contribution in [-0.2, 0) is 11.3 Å². The van der Waals surface area contributed by atoms with E-state index < -0.39 is 6.10 Å². The summed E-state index contributed by atoms with van der Waals surface area (Å²) in [4.78, 5) is 24.9. The molecule has 0 saturated carbocycles. The Morgan fingerprint density at radius 2 is 2.24 bits per heavy atom. The van der Waals surface area contributed by atoms with Gasteiger partial charge in [0.2, 0.25) is 5.91 Å². The van der Waals surface area contributed by atoms with Gasteiger partial charge in [-0.1, -0.05) is 6.07 Å². The third-order valence-electron chi connectivity index (χ3n) is 2.48. The normalized spacial score (nSPS) is 12.2. The number of pyridine rings is 1. The van der Waals surface area contributed by atoms with Gasteiger partial charge in [0, 0.05) is 25.4 Å². The minimum Gasteiger partial charge on any atom is -0.392 e. The van der Waals surface area contributed by atoms with E-state index in [9.17, 15) is 14.7 Å². The van der Waals surface area contributed by atoms with Crippen LogP contribution < -0.4 is 5.56 Å². The second-order valence-corrected chi connectivity index (χ2v) is 4.25. The lowest BCUT2D eigenvalue weighted by Gasteiger charge is -2.19. The molecule has 1 N–H and O–H groups in total. The van der Waals surface area contributed by atoms with Crippen LogP contribution in [0, 0.1) is 6.92 Å². The van der Waals surface area contributed by atoms with Crippen LogP contribution in [-0.4, -0.2) is 40.2 Å². The van der Waals surface area contributed by atoms with Crippen molar-refractivity contribution in [3.63, 3.8) is 0 Å². The number of hydrogen-bond acceptors (Lipinski definition) is 3. The van der Waals surface area contributed by atoms with E-state index in [2.05, 4.69) is 0 Å². The van der Waals surface area contributed by atoms with Gasteiger partial charge in [-0.15, -0.1) is 0 Å². The molecule has 1 heterocycles. The molecule has 5 nitrogen and oxygen atoms in total. The van der Waals surface area contributed by atoms with Crippen molar-refractivity contribution in [2.45, 2.75) is 26.5 Å². The van der Waals surface area contributed by atoms with Crippen LogP contribution in [0.15, 0.2) is 23.1 Å². The highest BCUT2D eigenvalue weighted by atomic mass is 16.3. The number of aryl methyl sites for hydroxylation is 1. The molecule has 1 aromatic heterocycles. The largest absolute Gasteiger partial charge is 0.392 e. The lowest BCUT2D eigenvalue weighted by molar-refractivity contribution is -0.131. The van der Waals surface area contributed by atoms with Gasteiger partial charge in [-0.05, 0) is 19.9 Å². The summed E-state index contributed by atoms with van der Waals surface area (Å²) < 4.78 is 1.37. The third kappa shape index (κ3) is 3.71. The molecule has 0 bridgehead atoms. The monoisotopic (exact) mass is 238 g/mol. The molecule has 0 radical (unpaired) electrons. The predicted octanol–water partition coefficient (Wildman–Crippen LogP) is -0.00408. The third-order valence-corrected chi connectivity index (χ3v) is 2.48. The molecular formula is C12H18N2O3. The van der Waals surface area contributed by atoms with E-state index in [-0.39, 0.29) is 24.6 Å². The fourth-order valence-corrected chi connectivity index (χ4v) is 1.55. The topological polar surface area (TPSA) is 62.5 Å². The summed E-state index contributed by atoms with van der Waals surface area (Å²) in [6.45, 7) is 3.59. The van der Waals surface area contributed by atoms with Crippen LogP contribution in [0.4, 0.5) is 0 Å². The Kier molecular flexibility index (Phi) is 4.45. The van der Waals surface area contributed by atoms with Crippen LogP contribution >= 0.6 is 0 Å². The molecule has 0 fully saturated rings. The van der Waals surface area contributed by atoms with Crippen molar-refractivity contribution in [2.75, 3.05) is 13.6 Å². The molecule has 17 heavy (non-hydrogen) atoms. The van der Waals surface area contributed by atoms with Crippen LogP contribution in [0.1, 0.15) is 12.5 Å². The first-order valence-corrected chi connectivity index (χ1v) is 5.50. The number of nitrogens with zero attached hydrogens (tertiary/aromatic N) is 2. The van der Waals surface area contributed by atoms with Crippen LogP contribution in [0.25, 0.3) is 0 Å². The number of amides is 1. The van der Waals surface area contributed by atoms with Crippen molar-refractivity contribution in [3.05, 3.63) is 34.2 Å². The maximum atomic E-state index is 11.8.